The molecule has 0 bridgehead atoms. The van der Waals surface area contributed by atoms with Crippen molar-refractivity contribution in [3.63, 3.8) is 0 Å². The molecule has 0 unspecified atom stereocenters. The molecular formula is C9H7BrN2S2. The van der Waals surface area contributed by atoms with Gasteiger partial charge in [-0.05, 0) is 39.6 Å². The molecule has 0 saturated heterocycles. The summed E-state index contributed by atoms with van der Waals surface area (Å²) in [6, 6.07) is 10.3. The van der Waals surface area contributed by atoms with Gasteiger partial charge in [0.1, 0.15) is 0 Å². The summed E-state index contributed by atoms with van der Waals surface area (Å²) in [5.41, 5.74) is 0. The summed E-state index contributed by atoms with van der Waals surface area (Å²) in [6.45, 7) is 0. The standard InChI is InChI=1S/C9H7BrN2S2/c10-9-11-8(12-14-9)6-13-7-4-2-1-3-5-7/h1-5H,6H2. The Morgan fingerprint density at radius 3 is 2.71 bits per heavy atom. The van der Waals surface area contributed by atoms with Crippen molar-refractivity contribution in [2.75, 3.05) is 0 Å². The van der Waals surface area contributed by atoms with Crippen LogP contribution in [0.15, 0.2) is 39.1 Å². The molecule has 0 saturated carbocycles. The van der Waals surface area contributed by atoms with Crippen LogP contribution in [0.4, 0.5) is 0 Å². The van der Waals surface area contributed by atoms with E-state index in [1.165, 1.54) is 16.4 Å². The summed E-state index contributed by atoms with van der Waals surface area (Å²) in [6.07, 6.45) is 0. The van der Waals surface area contributed by atoms with Crippen molar-refractivity contribution in [2.45, 2.75) is 10.6 Å². The molecule has 2 nitrogen and oxygen atoms in total. The van der Waals surface area contributed by atoms with Crippen molar-refractivity contribution >= 4 is 39.2 Å². The van der Waals surface area contributed by atoms with Gasteiger partial charge in [-0.2, -0.15) is 4.37 Å². The summed E-state index contributed by atoms with van der Waals surface area (Å²) in [5.74, 6) is 1.71. The van der Waals surface area contributed by atoms with Gasteiger partial charge in [-0.25, -0.2) is 4.98 Å². The van der Waals surface area contributed by atoms with E-state index in [1.807, 2.05) is 18.2 Å². The first-order valence-corrected chi connectivity index (χ1v) is 6.56. The molecule has 14 heavy (non-hydrogen) atoms. The van der Waals surface area contributed by atoms with E-state index >= 15 is 0 Å². The fourth-order valence-electron chi connectivity index (χ4n) is 0.956. The molecule has 1 heterocycles. The Bertz CT molecular complexity index is 402. The van der Waals surface area contributed by atoms with E-state index in [2.05, 4.69) is 37.4 Å². The smallest absolute Gasteiger partial charge is 0.179 e. The summed E-state index contributed by atoms with van der Waals surface area (Å²) < 4.78 is 5.04. The molecule has 2 aromatic rings. The Labute approximate surface area is 99.1 Å². The van der Waals surface area contributed by atoms with E-state index in [0.29, 0.717) is 0 Å². The van der Waals surface area contributed by atoms with Gasteiger partial charge < -0.3 is 0 Å². The number of halogens is 1. The number of aromatic nitrogens is 2. The summed E-state index contributed by atoms with van der Waals surface area (Å²) in [7, 11) is 0. The molecule has 0 fully saturated rings. The van der Waals surface area contributed by atoms with Gasteiger partial charge >= 0.3 is 0 Å². The zero-order chi connectivity index (χ0) is 9.80. The summed E-state index contributed by atoms with van der Waals surface area (Å²) in [5, 5.41) is 0. The maximum Gasteiger partial charge on any atom is 0.179 e. The van der Waals surface area contributed by atoms with Gasteiger partial charge in [0, 0.05) is 4.90 Å². The highest BCUT2D eigenvalue weighted by molar-refractivity contribution is 9.11. The molecule has 2 rings (SSSR count). The molecule has 0 spiro atoms. The van der Waals surface area contributed by atoms with E-state index in [9.17, 15) is 0 Å². The minimum atomic E-state index is 0.826. The molecular weight excluding hydrogens is 280 g/mol. The van der Waals surface area contributed by atoms with Gasteiger partial charge in [0.05, 0.1) is 5.75 Å². The molecule has 0 N–H and O–H groups in total. The van der Waals surface area contributed by atoms with Crippen molar-refractivity contribution in [2.24, 2.45) is 0 Å². The van der Waals surface area contributed by atoms with Gasteiger partial charge in [0.2, 0.25) is 0 Å². The number of hydrogen-bond donors (Lipinski definition) is 0. The highest BCUT2D eigenvalue weighted by Gasteiger charge is 2.01. The van der Waals surface area contributed by atoms with Crippen LogP contribution < -0.4 is 0 Å². The lowest BCUT2D eigenvalue weighted by Gasteiger charge is -1.96. The first-order chi connectivity index (χ1) is 6.84. The van der Waals surface area contributed by atoms with E-state index in [0.717, 1.165) is 15.5 Å². The second-order valence-corrected chi connectivity index (χ2v) is 5.64. The number of rotatable bonds is 3. The van der Waals surface area contributed by atoms with Crippen LogP contribution >= 0.6 is 39.2 Å². The predicted octanol–water partition coefficient (Wildman–Crippen LogP) is 3.59. The van der Waals surface area contributed by atoms with Crippen molar-refractivity contribution in [3.05, 3.63) is 40.1 Å². The van der Waals surface area contributed by atoms with Gasteiger partial charge in [-0.15, -0.1) is 11.8 Å². The summed E-state index contributed by atoms with van der Waals surface area (Å²) >= 11 is 6.42. The lowest BCUT2D eigenvalue weighted by atomic mass is 10.4. The molecule has 0 aliphatic rings. The molecule has 72 valence electrons. The highest BCUT2D eigenvalue weighted by Crippen LogP contribution is 2.22. The number of benzene rings is 1. The van der Waals surface area contributed by atoms with Crippen LogP contribution in [0.25, 0.3) is 0 Å². The Balaban J connectivity index is 1.95. The van der Waals surface area contributed by atoms with Crippen molar-refractivity contribution in [3.8, 4) is 0 Å². The van der Waals surface area contributed by atoms with Crippen LogP contribution in [-0.4, -0.2) is 9.36 Å². The second-order valence-electron chi connectivity index (χ2n) is 2.57. The average Bonchev–Trinajstić information content (AvgIpc) is 2.63. The van der Waals surface area contributed by atoms with E-state index in [1.54, 1.807) is 11.8 Å². The Hall–Kier alpha value is -0.390. The van der Waals surface area contributed by atoms with Gasteiger partial charge in [0.25, 0.3) is 0 Å². The first kappa shape index (κ1) is 10.1. The third kappa shape index (κ3) is 2.80. The molecule has 0 amide bonds. The first-order valence-electron chi connectivity index (χ1n) is 4.00. The number of nitrogens with zero attached hydrogens (tertiary/aromatic N) is 2. The van der Waals surface area contributed by atoms with Crippen LogP contribution in [0.2, 0.25) is 0 Å². The number of hydrogen-bond acceptors (Lipinski definition) is 4. The lowest BCUT2D eigenvalue weighted by Crippen LogP contribution is -1.82. The van der Waals surface area contributed by atoms with E-state index < -0.39 is 0 Å². The Morgan fingerprint density at radius 1 is 1.29 bits per heavy atom. The van der Waals surface area contributed by atoms with Gasteiger partial charge in [0.15, 0.2) is 9.74 Å². The van der Waals surface area contributed by atoms with E-state index in [4.69, 9.17) is 0 Å². The minimum absolute atomic E-state index is 0.826. The Morgan fingerprint density at radius 2 is 2.07 bits per heavy atom. The lowest BCUT2D eigenvalue weighted by molar-refractivity contribution is 1.12. The van der Waals surface area contributed by atoms with Crippen molar-refractivity contribution < 1.29 is 0 Å². The SMILES string of the molecule is Brc1nc(CSc2ccccc2)ns1. The molecule has 5 heteroatoms. The number of thioether (sulfide) groups is 1. The van der Waals surface area contributed by atoms with Crippen LogP contribution in [0.1, 0.15) is 5.82 Å². The normalized spacial score (nSPS) is 10.4. The zero-order valence-electron chi connectivity index (χ0n) is 7.18. The van der Waals surface area contributed by atoms with Crippen LogP contribution in [0.5, 0.6) is 0 Å². The van der Waals surface area contributed by atoms with Crippen LogP contribution in [-0.2, 0) is 5.75 Å². The molecule has 1 aromatic carbocycles. The van der Waals surface area contributed by atoms with Crippen LogP contribution in [0, 0.1) is 0 Å². The highest BCUT2D eigenvalue weighted by atomic mass is 79.9. The third-order valence-corrected chi connectivity index (χ3v) is 3.72. The maximum absolute atomic E-state index is 4.23. The largest absolute Gasteiger partial charge is 0.212 e. The molecule has 1 aromatic heterocycles. The van der Waals surface area contributed by atoms with Crippen molar-refractivity contribution in [1.29, 1.82) is 0 Å². The average molecular weight is 287 g/mol. The maximum atomic E-state index is 4.23. The molecule has 0 radical (unpaired) electrons. The summed E-state index contributed by atoms with van der Waals surface area (Å²) in [4.78, 5) is 5.48. The molecule has 0 aliphatic carbocycles. The van der Waals surface area contributed by atoms with E-state index in [-0.39, 0.29) is 0 Å². The topological polar surface area (TPSA) is 25.8 Å². The van der Waals surface area contributed by atoms with Crippen LogP contribution in [0.3, 0.4) is 0 Å². The third-order valence-electron chi connectivity index (χ3n) is 1.55. The van der Waals surface area contributed by atoms with Gasteiger partial charge in [-0.1, -0.05) is 18.2 Å². The Kier molecular flexibility index (Phi) is 3.55. The van der Waals surface area contributed by atoms with Crippen molar-refractivity contribution in [1.82, 2.24) is 9.36 Å². The fourth-order valence-corrected chi connectivity index (χ4v) is 2.67. The minimum Gasteiger partial charge on any atom is -0.212 e. The molecule has 0 aliphatic heterocycles. The second kappa shape index (κ2) is 4.91. The van der Waals surface area contributed by atoms with Gasteiger partial charge in [-0.3, -0.25) is 0 Å². The quantitative estimate of drug-likeness (QED) is 0.807. The fraction of sp³-hybridized carbons (Fsp3) is 0.111. The monoisotopic (exact) mass is 286 g/mol. The molecule has 0 atom stereocenters. The zero-order valence-corrected chi connectivity index (χ0v) is 10.4. The predicted molar refractivity (Wildman–Crippen MR) is 63.6 cm³/mol.